The van der Waals surface area contributed by atoms with E-state index in [-0.39, 0.29) is 17.0 Å². The van der Waals surface area contributed by atoms with E-state index in [1.54, 1.807) is 74.1 Å². The second-order valence-electron chi connectivity index (χ2n) is 12.8. The highest BCUT2D eigenvalue weighted by atomic mass is 79.9. The number of pyridine rings is 3. The van der Waals surface area contributed by atoms with E-state index >= 15 is 4.39 Å². The highest BCUT2D eigenvalue weighted by Crippen LogP contribution is 2.38. The Labute approximate surface area is 308 Å². The number of rotatable bonds is 11. The van der Waals surface area contributed by atoms with Crippen molar-refractivity contribution in [1.82, 2.24) is 19.4 Å². The number of fused-ring (bicyclic) bond motifs is 2. The van der Waals surface area contributed by atoms with Crippen LogP contribution in [-0.4, -0.2) is 58.7 Å². The van der Waals surface area contributed by atoms with Crippen LogP contribution in [0.5, 0.6) is 23.0 Å². The lowest BCUT2D eigenvalue weighted by molar-refractivity contribution is 0.102. The molecule has 1 saturated heterocycles. The molecule has 12 heteroatoms. The molecule has 1 aliphatic heterocycles. The van der Waals surface area contributed by atoms with Gasteiger partial charge in [-0.2, -0.15) is 0 Å². The maximum Gasteiger partial charge on any atom is 0.269 e. The van der Waals surface area contributed by atoms with E-state index in [1.165, 1.54) is 35.6 Å². The fraction of sp³-hybridized carbons (Fsp3) is 0.250. The van der Waals surface area contributed by atoms with Crippen LogP contribution in [0.25, 0.3) is 27.6 Å². The first-order valence-corrected chi connectivity index (χ1v) is 17.9. The van der Waals surface area contributed by atoms with Crippen LogP contribution in [0.4, 0.5) is 10.1 Å². The van der Waals surface area contributed by atoms with E-state index in [2.05, 4.69) is 43.0 Å². The smallest absolute Gasteiger partial charge is 0.269 e. The summed E-state index contributed by atoms with van der Waals surface area (Å²) in [4.78, 5) is 38.5. The summed E-state index contributed by atoms with van der Waals surface area (Å²) in [7, 11) is 1.57. The molecule has 0 unspecified atom stereocenters. The lowest BCUT2D eigenvalue weighted by Gasteiger charge is -2.30. The van der Waals surface area contributed by atoms with Crippen molar-refractivity contribution in [2.75, 3.05) is 38.7 Å². The van der Waals surface area contributed by atoms with Crippen molar-refractivity contribution in [3.05, 3.63) is 117 Å². The number of nitrogens with one attached hydrogen (secondary N) is 1. The summed E-state index contributed by atoms with van der Waals surface area (Å²) in [5.74, 6) is 0.776. The number of nitrogens with zero attached hydrogens (tertiary/aromatic N) is 4. The van der Waals surface area contributed by atoms with Gasteiger partial charge in [0.25, 0.3) is 11.5 Å². The SMILES string of the molecule is COc1cc2c(Oc3ccc(NC(=O)c4cc5cccnc5n(-c5ccc(Br)cc5)c4=O)cc3F)ccnc2cc1OCCCN1CCC(C)CC1. The van der Waals surface area contributed by atoms with Gasteiger partial charge < -0.3 is 24.4 Å². The number of anilines is 1. The molecule has 0 bridgehead atoms. The molecule has 0 spiro atoms. The summed E-state index contributed by atoms with van der Waals surface area (Å²) in [5.41, 5.74) is 1.01. The molecule has 6 aromatic rings. The van der Waals surface area contributed by atoms with Crippen LogP contribution in [0.3, 0.4) is 0 Å². The van der Waals surface area contributed by atoms with E-state index in [0.717, 1.165) is 42.5 Å². The van der Waals surface area contributed by atoms with Crippen LogP contribution in [0.15, 0.2) is 101 Å². The Morgan fingerprint density at radius 1 is 0.942 bits per heavy atom. The molecule has 1 fully saturated rings. The third-order valence-electron chi connectivity index (χ3n) is 9.24. The summed E-state index contributed by atoms with van der Waals surface area (Å²) < 4.78 is 35.5. The van der Waals surface area contributed by atoms with Gasteiger partial charge in [-0.1, -0.05) is 22.9 Å². The average Bonchev–Trinajstić information content (AvgIpc) is 3.15. The number of amides is 1. The number of methoxy groups -OCH3 is 1. The van der Waals surface area contributed by atoms with Gasteiger partial charge >= 0.3 is 0 Å². The van der Waals surface area contributed by atoms with Gasteiger partial charge in [-0.25, -0.2) is 9.37 Å². The molecule has 1 aliphatic rings. The Morgan fingerprint density at radius 2 is 1.75 bits per heavy atom. The summed E-state index contributed by atoms with van der Waals surface area (Å²) in [6, 6.07) is 21.3. The molecule has 266 valence electrons. The zero-order chi connectivity index (χ0) is 36.2. The number of piperidine rings is 1. The number of aromatic nitrogens is 3. The number of carbonyl (C=O) groups excluding carboxylic acids is 1. The van der Waals surface area contributed by atoms with Crippen LogP contribution >= 0.6 is 15.9 Å². The Bertz CT molecular complexity index is 2310. The molecule has 0 radical (unpaired) electrons. The molecule has 4 heterocycles. The molecule has 0 atom stereocenters. The number of benzene rings is 3. The van der Waals surface area contributed by atoms with Crippen molar-refractivity contribution in [2.45, 2.75) is 26.2 Å². The van der Waals surface area contributed by atoms with Gasteiger partial charge in [-0.3, -0.25) is 19.1 Å². The second-order valence-corrected chi connectivity index (χ2v) is 13.8. The predicted molar refractivity (Wildman–Crippen MR) is 203 cm³/mol. The monoisotopic (exact) mass is 765 g/mol. The molecule has 3 aromatic carbocycles. The van der Waals surface area contributed by atoms with Gasteiger partial charge in [-0.05, 0) is 105 Å². The molecule has 0 saturated carbocycles. The second kappa shape index (κ2) is 15.5. The Morgan fingerprint density at radius 3 is 2.52 bits per heavy atom. The van der Waals surface area contributed by atoms with Gasteiger partial charge in [0.1, 0.15) is 17.0 Å². The molecule has 3 aromatic heterocycles. The number of hydrogen-bond acceptors (Lipinski definition) is 8. The van der Waals surface area contributed by atoms with Crippen LogP contribution in [0.1, 0.15) is 36.5 Å². The van der Waals surface area contributed by atoms with E-state index < -0.39 is 17.3 Å². The molecule has 7 rings (SSSR count). The topological polar surface area (TPSA) is 108 Å². The minimum absolute atomic E-state index is 0.0636. The van der Waals surface area contributed by atoms with Crippen molar-refractivity contribution < 1.29 is 23.4 Å². The Kier molecular flexibility index (Phi) is 10.5. The molecule has 10 nitrogen and oxygen atoms in total. The zero-order valence-corrected chi connectivity index (χ0v) is 30.4. The zero-order valence-electron chi connectivity index (χ0n) is 28.8. The maximum absolute atomic E-state index is 15.5. The largest absolute Gasteiger partial charge is 0.493 e. The maximum atomic E-state index is 15.5. The number of carbonyl (C=O) groups is 1. The minimum atomic E-state index is -0.715. The summed E-state index contributed by atoms with van der Waals surface area (Å²) in [6.45, 7) is 6.09. The normalized spacial score (nSPS) is 13.7. The van der Waals surface area contributed by atoms with Crippen molar-refractivity contribution in [3.63, 3.8) is 0 Å². The van der Waals surface area contributed by atoms with Crippen LogP contribution < -0.4 is 25.1 Å². The minimum Gasteiger partial charge on any atom is -0.493 e. The van der Waals surface area contributed by atoms with E-state index in [4.69, 9.17) is 14.2 Å². The van der Waals surface area contributed by atoms with Crippen LogP contribution in [-0.2, 0) is 0 Å². The third-order valence-corrected chi connectivity index (χ3v) is 9.77. The lowest BCUT2D eigenvalue weighted by atomic mass is 9.99. The summed E-state index contributed by atoms with van der Waals surface area (Å²) in [6.07, 6.45) is 6.53. The van der Waals surface area contributed by atoms with Crippen molar-refractivity contribution in [1.29, 1.82) is 0 Å². The van der Waals surface area contributed by atoms with Gasteiger partial charge in [0.05, 0.1) is 24.9 Å². The van der Waals surface area contributed by atoms with Gasteiger partial charge in [0.2, 0.25) is 0 Å². The summed E-state index contributed by atoms with van der Waals surface area (Å²) in [5, 5.41) is 3.86. The highest BCUT2D eigenvalue weighted by molar-refractivity contribution is 9.10. The molecule has 52 heavy (non-hydrogen) atoms. The Balaban J connectivity index is 1.07. The highest BCUT2D eigenvalue weighted by Gasteiger charge is 2.20. The average molecular weight is 767 g/mol. The van der Waals surface area contributed by atoms with Crippen LogP contribution in [0, 0.1) is 11.7 Å². The van der Waals surface area contributed by atoms with Crippen molar-refractivity contribution >= 4 is 49.5 Å². The fourth-order valence-electron chi connectivity index (χ4n) is 6.36. The number of halogens is 2. The van der Waals surface area contributed by atoms with Crippen molar-refractivity contribution in [3.8, 4) is 28.7 Å². The molecular formula is C40H37BrFN5O5. The van der Waals surface area contributed by atoms with E-state index in [1.807, 2.05) is 0 Å². The third kappa shape index (κ3) is 7.63. The van der Waals surface area contributed by atoms with Gasteiger partial charge in [0.15, 0.2) is 23.1 Å². The molecule has 1 N–H and O–H groups in total. The fourth-order valence-corrected chi connectivity index (χ4v) is 6.62. The lowest BCUT2D eigenvalue weighted by Crippen LogP contribution is -2.34. The van der Waals surface area contributed by atoms with Crippen LogP contribution in [0.2, 0.25) is 0 Å². The van der Waals surface area contributed by atoms with Crippen molar-refractivity contribution in [2.24, 2.45) is 5.92 Å². The van der Waals surface area contributed by atoms with E-state index in [9.17, 15) is 9.59 Å². The van der Waals surface area contributed by atoms with Gasteiger partial charge in [0, 0.05) is 52.0 Å². The first kappa shape index (κ1) is 35.1. The summed E-state index contributed by atoms with van der Waals surface area (Å²) >= 11 is 3.41. The molecular weight excluding hydrogens is 729 g/mol. The standard InChI is InChI=1S/C40H37BrFN5O5/c1-25-13-18-46(19-14-25)17-4-20-51-37-24-33-30(23-36(37)50-2)34(12-16-43-33)52-35-11-8-28(22-32(35)42)45-39(48)31-21-26-5-3-15-44-38(26)47(40(31)49)29-9-6-27(41)7-10-29/h3,5-12,15-16,21-25H,4,13-14,17-20H2,1-2H3,(H,45,48). The first-order valence-electron chi connectivity index (χ1n) is 17.1. The van der Waals surface area contributed by atoms with Gasteiger partial charge in [-0.15, -0.1) is 0 Å². The number of likely N-dealkylation sites (tertiary alicyclic amines) is 1. The number of ether oxygens (including phenoxy) is 3. The first-order chi connectivity index (χ1) is 25.3. The molecule has 0 aliphatic carbocycles. The van der Waals surface area contributed by atoms with E-state index in [0.29, 0.717) is 51.5 Å². The quantitative estimate of drug-likeness (QED) is 0.131. The predicted octanol–water partition coefficient (Wildman–Crippen LogP) is 8.39. The molecule has 1 amide bonds. The Hall–Kier alpha value is -5.33. The number of hydrogen-bond donors (Lipinski definition) is 1.